The second-order valence-electron chi connectivity index (χ2n) is 11.4. The largest absolute Gasteiger partial charge is 0.748 e. The van der Waals surface area contributed by atoms with Gasteiger partial charge in [0.05, 0.1) is 50.5 Å². The number of nitrogens with zero attached hydrogens (tertiary/aromatic N) is 1. The third-order valence-corrected chi connectivity index (χ3v) is 7.39. The van der Waals surface area contributed by atoms with E-state index in [-0.39, 0.29) is 6.10 Å². The van der Waals surface area contributed by atoms with Crippen molar-refractivity contribution in [3.63, 3.8) is 0 Å². The predicted octanol–water partition coefficient (Wildman–Crippen LogP) is 7.27. The van der Waals surface area contributed by atoms with Gasteiger partial charge in [-0.3, -0.25) is 0 Å². The van der Waals surface area contributed by atoms with E-state index in [4.69, 9.17) is 22.4 Å². The molecule has 0 bridgehead atoms. The van der Waals surface area contributed by atoms with Gasteiger partial charge >= 0.3 is 0 Å². The Hall–Kier alpha value is 0.140. The molecule has 0 aromatic heterocycles. The average Bonchev–Trinajstić information content (AvgIpc) is 2.80. The van der Waals surface area contributed by atoms with Gasteiger partial charge in [0.25, 0.3) is 0 Å². The number of methoxy groups -OCH3 is 1. The van der Waals surface area contributed by atoms with E-state index in [0.717, 1.165) is 23.4 Å². The molecule has 1 atom stereocenters. The molecule has 0 fully saturated rings. The second-order valence-corrected chi connectivity index (χ2v) is 13.9. The molecule has 0 aromatic rings. The lowest BCUT2D eigenvalue weighted by atomic mass is 10.0. The molecule has 0 aromatic carbocycles. The van der Waals surface area contributed by atoms with Crippen LogP contribution < -0.4 is 0 Å². The number of hydrogen-bond donors (Lipinski definition) is 0. The van der Waals surface area contributed by atoms with Crippen molar-refractivity contribution < 1.29 is 26.9 Å². The highest BCUT2D eigenvalue weighted by Gasteiger charge is 2.09. The molecular formula is C29H63NO5S2. The molecule has 0 aliphatic carbocycles. The van der Waals surface area contributed by atoms with Crippen molar-refractivity contribution in [3.8, 4) is 0 Å². The van der Waals surface area contributed by atoms with Gasteiger partial charge in [0.2, 0.25) is 0 Å². The van der Waals surface area contributed by atoms with Gasteiger partial charge in [0, 0.05) is 32.1 Å². The Morgan fingerprint density at radius 3 is 1.54 bits per heavy atom. The van der Waals surface area contributed by atoms with E-state index in [1.807, 2.05) is 18.9 Å². The van der Waals surface area contributed by atoms with Crippen molar-refractivity contribution in [3.05, 3.63) is 0 Å². The van der Waals surface area contributed by atoms with E-state index in [1.165, 1.54) is 121 Å². The highest BCUT2D eigenvalue weighted by Crippen LogP contribution is 2.14. The van der Waals surface area contributed by atoms with Crippen LogP contribution in [0.15, 0.2) is 0 Å². The van der Waals surface area contributed by atoms with Crippen molar-refractivity contribution >= 4 is 21.9 Å². The summed E-state index contributed by atoms with van der Waals surface area (Å²) in [5, 5.41) is 0. The van der Waals surface area contributed by atoms with E-state index >= 15 is 0 Å². The fourth-order valence-electron chi connectivity index (χ4n) is 4.01. The minimum Gasteiger partial charge on any atom is -0.748 e. The maximum absolute atomic E-state index is 9.08. The predicted molar refractivity (Wildman–Crippen MR) is 162 cm³/mol. The highest BCUT2D eigenvalue weighted by atomic mass is 32.2. The summed E-state index contributed by atoms with van der Waals surface area (Å²) in [5.41, 5.74) is 0. The summed E-state index contributed by atoms with van der Waals surface area (Å²) in [6.07, 6.45) is 24.7. The van der Waals surface area contributed by atoms with Crippen LogP contribution in [0.1, 0.15) is 116 Å². The van der Waals surface area contributed by atoms with Gasteiger partial charge in [-0.05, 0) is 12.2 Å². The van der Waals surface area contributed by atoms with Crippen LogP contribution in [0.2, 0.25) is 0 Å². The van der Waals surface area contributed by atoms with E-state index in [0.29, 0.717) is 6.26 Å². The molecule has 0 saturated carbocycles. The van der Waals surface area contributed by atoms with Crippen LogP contribution in [0.4, 0.5) is 0 Å². The van der Waals surface area contributed by atoms with Gasteiger partial charge in [0.1, 0.15) is 0 Å². The van der Waals surface area contributed by atoms with Crippen molar-refractivity contribution in [2.24, 2.45) is 0 Å². The lowest BCUT2D eigenvalue weighted by Gasteiger charge is -2.23. The lowest BCUT2D eigenvalue weighted by molar-refractivity contribution is -0.870. The van der Waals surface area contributed by atoms with Gasteiger partial charge in [-0.2, -0.15) is 11.8 Å². The molecule has 8 heteroatoms. The standard InChI is InChI=1S/C28H60NO2S.CH4O3S/c1-6-7-8-9-10-11-12-13-14-15-16-17-18-19-20-21-24-31-26-28(30-5)27-32-25-22-23-29(2,3)4;1-5(2,3)4/h28H,6-27H2,1-5H3;1H3,(H,2,3,4)/q+1;/p-1. The summed E-state index contributed by atoms with van der Waals surface area (Å²) in [6.45, 7) is 5.17. The first-order valence-corrected chi connectivity index (χ1v) is 17.9. The molecule has 0 radical (unpaired) electrons. The molecule has 0 aliphatic heterocycles. The third-order valence-electron chi connectivity index (χ3n) is 6.20. The van der Waals surface area contributed by atoms with E-state index in [2.05, 4.69) is 28.1 Å². The first-order valence-electron chi connectivity index (χ1n) is 14.9. The fourth-order valence-corrected chi connectivity index (χ4v) is 5.00. The molecule has 0 N–H and O–H groups in total. The van der Waals surface area contributed by atoms with Crippen molar-refractivity contribution in [1.29, 1.82) is 0 Å². The fraction of sp³-hybridized carbons (Fsp3) is 1.00. The topological polar surface area (TPSA) is 75.7 Å². The summed E-state index contributed by atoms with van der Waals surface area (Å²) >= 11 is 2.00. The highest BCUT2D eigenvalue weighted by molar-refractivity contribution is 7.99. The summed E-state index contributed by atoms with van der Waals surface area (Å²) in [6, 6.07) is 0. The Balaban J connectivity index is 0. The number of hydrogen-bond acceptors (Lipinski definition) is 6. The zero-order valence-corrected chi connectivity index (χ0v) is 27.1. The average molecular weight is 570 g/mol. The van der Waals surface area contributed by atoms with Crippen LogP contribution in [-0.2, 0) is 19.6 Å². The van der Waals surface area contributed by atoms with Crippen LogP contribution in [0, 0.1) is 0 Å². The Kier molecular flexibility index (Phi) is 29.4. The first kappa shape index (κ1) is 39.3. The number of ether oxygens (including phenoxy) is 2. The van der Waals surface area contributed by atoms with Gasteiger partial charge < -0.3 is 18.5 Å². The van der Waals surface area contributed by atoms with E-state index in [1.54, 1.807) is 0 Å². The minimum atomic E-state index is -3.92. The summed E-state index contributed by atoms with van der Waals surface area (Å²) in [4.78, 5) is 0. The zero-order chi connectivity index (χ0) is 28.3. The number of rotatable bonds is 26. The summed E-state index contributed by atoms with van der Waals surface area (Å²) in [7, 11) is 4.68. The molecule has 0 heterocycles. The number of thioether (sulfide) groups is 1. The van der Waals surface area contributed by atoms with Crippen molar-refractivity contribution in [2.75, 3.05) is 65.8 Å². The molecule has 0 aliphatic rings. The van der Waals surface area contributed by atoms with Gasteiger partial charge in [0.15, 0.2) is 0 Å². The van der Waals surface area contributed by atoms with Gasteiger partial charge in [-0.25, -0.2) is 8.42 Å². The summed E-state index contributed by atoms with van der Waals surface area (Å²) < 4.78 is 39.7. The minimum absolute atomic E-state index is 0.241. The van der Waals surface area contributed by atoms with Crippen LogP contribution in [-0.4, -0.2) is 89.3 Å². The SMILES string of the molecule is CCCCCCCCCCCCCCCCCCOCC(CSCCC[N+](C)(C)C)OC.CS(=O)(=O)[O-]. The molecular weight excluding hydrogens is 506 g/mol. The Labute approximate surface area is 236 Å². The molecule has 0 amide bonds. The van der Waals surface area contributed by atoms with Crippen LogP contribution >= 0.6 is 11.8 Å². The molecule has 6 nitrogen and oxygen atoms in total. The number of quaternary nitrogens is 1. The Bertz CT molecular complexity index is 545. The maximum atomic E-state index is 9.08. The molecule has 0 spiro atoms. The van der Waals surface area contributed by atoms with Crippen molar-refractivity contribution in [1.82, 2.24) is 0 Å². The second kappa shape index (κ2) is 27.7. The summed E-state index contributed by atoms with van der Waals surface area (Å²) in [5.74, 6) is 2.26. The smallest absolute Gasteiger partial charge is 0.0916 e. The van der Waals surface area contributed by atoms with E-state index < -0.39 is 10.1 Å². The van der Waals surface area contributed by atoms with Gasteiger partial charge in [-0.1, -0.05) is 103 Å². The molecule has 0 saturated heterocycles. The molecule has 226 valence electrons. The molecule has 37 heavy (non-hydrogen) atoms. The zero-order valence-electron chi connectivity index (χ0n) is 25.4. The Morgan fingerprint density at radius 1 is 0.757 bits per heavy atom. The normalized spacial score (nSPS) is 12.8. The monoisotopic (exact) mass is 569 g/mol. The van der Waals surface area contributed by atoms with Crippen molar-refractivity contribution in [2.45, 2.75) is 122 Å². The number of unbranched alkanes of at least 4 members (excludes halogenated alkanes) is 15. The van der Waals surface area contributed by atoms with Crippen LogP contribution in [0.25, 0.3) is 0 Å². The maximum Gasteiger partial charge on any atom is 0.0916 e. The first-order chi connectivity index (χ1) is 17.5. The molecule has 1 unspecified atom stereocenters. The van der Waals surface area contributed by atoms with E-state index in [9.17, 15) is 0 Å². The lowest BCUT2D eigenvalue weighted by Crippen LogP contribution is -2.35. The Morgan fingerprint density at radius 2 is 1.16 bits per heavy atom. The quantitative estimate of drug-likeness (QED) is 0.0619. The van der Waals surface area contributed by atoms with Gasteiger partial charge in [-0.15, -0.1) is 0 Å². The third kappa shape index (κ3) is 43.4. The molecule has 0 rings (SSSR count). The van der Waals surface area contributed by atoms with Crippen LogP contribution in [0.3, 0.4) is 0 Å². The van der Waals surface area contributed by atoms with Crippen LogP contribution in [0.5, 0.6) is 0 Å².